The van der Waals surface area contributed by atoms with Gasteiger partial charge in [-0.2, -0.15) is 0 Å². The molecule has 0 unspecified atom stereocenters. The average molecular weight is 345 g/mol. The highest BCUT2D eigenvalue weighted by molar-refractivity contribution is 6.00. The fraction of sp³-hybridized carbons (Fsp3) is 0.278. The molecule has 1 aliphatic rings. The van der Waals surface area contributed by atoms with Gasteiger partial charge in [0.25, 0.3) is 0 Å². The quantitative estimate of drug-likeness (QED) is 0.855. The van der Waals surface area contributed by atoms with Crippen molar-refractivity contribution in [2.24, 2.45) is 5.92 Å². The number of anilines is 1. The van der Waals surface area contributed by atoms with Crippen LogP contribution in [-0.4, -0.2) is 35.3 Å². The standard InChI is InChI=1S/C18H17F2N3O2/c1-22(10-12-3-2-6-21-9-12)18(25)13-7-17(24)23(11-13)16-5-4-14(19)8-15(16)20/h2-6,8-9,13H,7,10-11H2,1H3/t13-/m0/s1. The molecule has 130 valence electrons. The first-order valence-corrected chi connectivity index (χ1v) is 7.85. The number of nitrogens with zero attached hydrogens (tertiary/aromatic N) is 3. The van der Waals surface area contributed by atoms with Crippen molar-refractivity contribution in [3.8, 4) is 0 Å². The van der Waals surface area contributed by atoms with Crippen LogP contribution in [0.2, 0.25) is 0 Å². The summed E-state index contributed by atoms with van der Waals surface area (Å²) in [4.78, 5) is 31.5. The summed E-state index contributed by atoms with van der Waals surface area (Å²) in [6.45, 7) is 0.458. The molecule has 1 atom stereocenters. The lowest BCUT2D eigenvalue weighted by atomic mass is 10.1. The Balaban J connectivity index is 1.70. The number of carbonyl (C=O) groups excluding carboxylic acids is 2. The maximum absolute atomic E-state index is 13.9. The number of benzene rings is 1. The number of hydrogen-bond acceptors (Lipinski definition) is 3. The molecule has 0 aliphatic carbocycles. The predicted octanol–water partition coefficient (Wildman–Crippen LogP) is 2.37. The predicted molar refractivity (Wildman–Crippen MR) is 87.5 cm³/mol. The number of rotatable bonds is 4. The molecule has 3 rings (SSSR count). The minimum Gasteiger partial charge on any atom is -0.341 e. The maximum Gasteiger partial charge on any atom is 0.228 e. The van der Waals surface area contributed by atoms with Gasteiger partial charge in [-0.15, -0.1) is 0 Å². The number of pyridine rings is 1. The van der Waals surface area contributed by atoms with Crippen molar-refractivity contribution in [2.75, 3.05) is 18.5 Å². The van der Waals surface area contributed by atoms with Crippen molar-refractivity contribution in [2.45, 2.75) is 13.0 Å². The second-order valence-corrected chi connectivity index (χ2v) is 6.06. The van der Waals surface area contributed by atoms with Gasteiger partial charge >= 0.3 is 0 Å². The van der Waals surface area contributed by atoms with Crippen LogP contribution < -0.4 is 4.90 Å². The molecule has 7 heteroatoms. The van der Waals surface area contributed by atoms with E-state index in [0.717, 1.165) is 17.7 Å². The Kier molecular flexibility index (Phi) is 4.74. The molecule has 1 saturated heterocycles. The highest BCUT2D eigenvalue weighted by atomic mass is 19.1. The molecule has 0 radical (unpaired) electrons. The first kappa shape index (κ1) is 17.0. The van der Waals surface area contributed by atoms with Crippen molar-refractivity contribution in [1.29, 1.82) is 0 Å². The van der Waals surface area contributed by atoms with Gasteiger partial charge in [-0.1, -0.05) is 6.07 Å². The van der Waals surface area contributed by atoms with Gasteiger partial charge in [0.2, 0.25) is 11.8 Å². The smallest absolute Gasteiger partial charge is 0.228 e. The minimum atomic E-state index is -0.815. The van der Waals surface area contributed by atoms with Gasteiger partial charge in [-0.25, -0.2) is 8.78 Å². The molecule has 5 nitrogen and oxygen atoms in total. The third-order valence-electron chi connectivity index (χ3n) is 4.19. The van der Waals surface area contributed by atoms with E-state index in [1.54, 1.807) is 25.5 Å². The zero-order valence-electron chi connectivity index (χ0n) is 13.7. The average Bonchev–Trinajstić information content (AvgIpc) is 2.96. The Morgan fingerprint density at radius 1 is 1.36 bits per heavy atom. The van der Waals surface area contributed by atoms with E-state index in [-0.39, 0.29) is 30.5 Å². The highest BCUT2D eigenvalue weighted by Gasteiger charge is 2.37. The largest absolute Gasteiger partial charge is 0.341 e. The molecule has 0 saturated carbocycles. The van der Waals surface area contributed by atoms with E-state index in [0.29, 0.717) is 6.54 Å². The van der Waals surface area contributed by atoms with Gasteiger partial charge in [-0.3, -0.25) is 14.6 Å². The van der Waals surface area contributed by atoms with E-state index >= 15 is 0 Å². The molecular formula is C18H17F2N3O2. The fourth-order valence-electron chi connectivity index (χ4n) is 2.96. The summed E-state index contributed by atoms with van der Waals surface area (Å²) in [6.07, 6.45) is 3.33. The SMILES string of the molecule is CN(Cc1cccnc1)C(=O)[C@H]1CC(=O)N(c2ccc(F)cc2F)C1. The van der Waals surface area contributed by atoms with Gasteiger partial charge in [0.1, 0.15) is 11.6 Å². The minimum absolute atomic E-state index is 0.00314. The van der Waals surface area contributed by atoms with Crippen LogP contribution in [0.25, 0.3) is 0 Å². The Labute approximate surface area is 143 Å². The van der Waals surface area contributed by atoms with E-state index in [4.69, 9.17) is 0 Å². The summed E-state index contributed by atoms with van der Waals surface area (Å²) in [5.74, 6) is -2.62. The summed E-state index contributed by atoms with van der Waals surface area (Å²) < 4.78 is 27.0. The van der Waals surface area contributed by atoms with Gasteiger partial charge in [-0.05, 0) is 23.8 Å². The van der Waals surface area contributed by atoms with Crippen LogP contribution in [-0.2, 0) is 16.1 Å². The second-order valence-electron chi connectivity index (χ2n) is 6.06. The van der Waals surface area contributed by atoms with Gasteiger partial charge in [0.15, 0.2) is 0 Å². The lowest BCUT2D eigenvalue weighted by Crippen LogP contribution is -2.34. The van der Waals surface area contributed by atoms with Crippen LogP contribution in [0.4, 0.5) is 14.5 Å². The van der Waals surface area contributed by atoms with Gasteiger partial charge in [0, 0.05) is 45.0 Å². The van der Waals surface area contributed by atoms with E-state index < -0.39 is 17.6 Å². The molecular weight excluding hydrogens is 328 g/mol. The van der Waals surface area contributed by atoms with E-state index in [1.807, 2.05) is 6.07 Å². The van der Waals surface area contributed by atoms with Crippen LogP contribution in [0.3, 0.4) is 0 Å². The monoisotopic (exact) mass is 345 g/mol. The third kappa shape index (κ3) is 3.65. The van der Waals surface area contributed by atoms with Crippen LogP contribution in [0, 0.1) is 17.6 Å². The summed E-state index contributed by atoms with van der Waals surface area (Å²) >= 11 is 0. The molecule has 0 N–H and O–H groups in total. The van der Waals surface area contributed by atoms with Crippen LogP contribution in [0.15, 0.2) is 42.7 Å². The maximum atomic E-state index is 13.9. The van der Waals surface area contributed by atoms with Crippen LogP contribution in [0.5, 0.6) is 0 Å². The molecule has 1 aromatic carbocycles. The lowest BCUT2D eigenvalue weighted by Gasteiger charge is -2.21. The molecule has 1 fully saturated rings. The van der Waals surface area contributed by atoms with Crippen molar-refractivity contribution in [3.63, 3.8) is 0 Å². The highest BCUT2D eigenvalue weighted by Crippen LogP contribution is 2.28. The summed E-state index contributed by atoms with van der Waals surface area (Å²) in [5, 5.41) is 0. The Morgan fingerprint density at radius 3 is 2.84 bits per heavy atom. The van der Waals surface area contributed by atoms with Gasteiger partial charge < -0.3 is 9.80 Å². The molecule has 2 aromatic rings. The molecule has 1 aromatic heterocycles. The Bertz CT molecular complexity index is 798. The summed E-state index contributed by atoms with van der Waals surface area (Å²) in [6, 6.07) is 6.68. The van der Waals surface area contributed by atoms with Crippen molar-refractivity contribution < 1.29 is 18.4 Å². The molecule has 2 heterocycles. The number of aromatic nitrogens is 1. The first-order chi connectivity index (χ1) is 12.0. The van der Waals surface area contributed by atoms with Gasteiger partial charge in [0.05, 0.1) is 11.6 Å². The Hall–Kier alpha value is -2.83. The summed E-state index contributed by atoms with van der Waals surface area (Å²) in [7, 11) is 1.65. The number of halogens is 2. The van der Waals surface area contributed by atoms with Crippen molar-refractivity contribution in [1.82, 2.24) is 9.88 Å². The lowest BCUT2D eigenvalue weighted by molar-refractivity contribution is -0.135. The van der Waals surface area contributed by atoms with Crippen LogP contribution >= 0.6 is 0 Å². The van der Waals surface area contributed by atoms with E-state index in [1.165, 1.54) is 15.9 Å². The second kappa shape index (κ2) is 6.96. The molecule has 25 heavy (non-hydrogen) atoms. The summed E-state index contributed by atoms with van der Waals surface area (Å²) in [5.41, 5.74) is 0.876. The van der Waals surface area contributed by atoms with Crippen LogP contribution in [0.1, 0.15) is 12.0 Å². The van der Waals surface area contributed by atoms with Crippen molar-refractivity contribution in [3.05, 3.63) is 59.9 Å². The zero-order chi connectivity index (χ0) is 18.0. The molecule has 0 bridgehead atoms. The van der Waals surface area contributed by atoms with E-state index in [9.17, 15) is 18.4 Å². The Morgan fingerprint density at radius 2 is 2.16 bits per heavy atom. The molecule has 1 aliphatic heterocycles. The zero-order valence-corrected chi connectivity index (χ0v) is 13.7. The topological polar surface area (TPSA) is 53.5 Å². The number of carbonyl (C=O) groups is 2. The molecule has 2 amide bonds. The normalized spacial score (nSPS) is 17.0. The molecule has 0 spiro atoms. The first-order valence-electron chi connectivity index (χ1n) is 7.85. The fourth-order valence-corrected chi connectivity index (χ4v) is 2.96. The third-order valence-corrected chi connectivity index (χ3v) is 4.19. The van der Waals surface area contributed by atoms with Crippen molar-refractivity contribution >= 4 is 17.5 Å². The van der Waals surface area contributed by atoms with E-state index in [2.05, 4.69) is 4.98 Å². The number of hydrogen-bond donors (Lipinski definition) is 0. The number of amides is 2.